The molecule has 1 aromatic carbocycles. The molecule has 8 heteroatoms. The lowest BCUT2D eigenvalue weighted by atomic mass is 9.99. The molecule has 140 valence electrons. The Bertz CT molecular complexity index is 825. The molecule has 0 bridgehead atoms. The summed E-state index contributed by atoms with van der Waals surface area (Å²) in [5, 5.41) is 0. The Labute approximate surface area is 155 Å². The number of anilines is 1. The van der Waals surface area contributed by atoms with Crippen molar-refractivity contribution in [3.8, 4) is 11.3 Å². The molecule has 0 amide bonds. The molecule has 0 saturated heterocycles. The number of hydrogen-bond acceptors (Lipinski definition) is 5. The number of nitrogens with zero attached hydrogens (tertiary/aromatic N) is 3. The van der Waals surface area contributed by atoms with E-state index in [0.717, 1.165) is 4.31 Å². The van der Waals surface area contributed by atoms with Gasteiger partial charge < -0.3 is 9.29 Å². The van der Waals surface area contributed by atoms with Crippen LogP contribution in [0.15, 0.2) is 36.6 Å². The third-order valence-electron chi connectivity index (χ3n) is 3.66. The SMILES string of the molecule is C=C(C)OCc1c(-c2ccc(F)cc2)nc(N(C)S(=O)[O-])nc1C(C)C. The van der Waals surface area contributed by atoms with Crippen molar-refractivity contribution in [1.29, 1.82) is 0 Å². The quantitative estimate of drug-likeness (QED) is 0.542. The maximum Gasteiger partial charge on any atom is 0.237 e. The molecule has 0 N–H and O–H groups in total. The molecule has 0 aliphatic heterocycles. The van der Waals surface area contributed by atoms with Crippen LogP contribution >= 0.6 is 0 Å². The van der Waals surface area contributed by atoms with Gasteiger partial charge in [0.2, 0.25) is 5.95 Å². The minimum Gasteiger partial charge on any atom is -0.755 e. The van der Waals surface area contributed by atoms with E-state index in [9.17, 15) is 13.2 Å². The van der Waals surface area contributed by atoms with Gasteiger partial charge in [-0.3, -0.25) is 8.51 Å². The van der Waals surface area contributed by atoms with Crippen LogP contribution in [0.3, 0.4) is 0 Å². The summed E-state index contributed by atoms with van der Waals surface area (Å²) in [5.74, 6) is 0.199. The number of halogens is 1. The minimum absolute atomic E-state index is 0.00634. The minimum atomic E-state index is -2.52. The standard InChI is InChI=1S/C18H22FN3O3S/c1-11(2)16-15(10-25-12(3)4)17(13-6-8-14(19)9-7-13)21-18(20-16)22(5)26(23)24/h6-9,11H,3,10H2,1-2,4-5H3,(H,23,24)/p-1. The topological polar surface area (TPSA) is 78.4 Å². The fraction of sp³-hybridized carbons (Fsp3) is 0.333. The fourth-order valence-corrected chi connectivity index (χ4v) is 2.57. The average Bonchev–Trinajstić information content (AvgIpc) is 2.59. The Kier molecular flexibility index (Phi) is 6.44. The van der Waals surface area contributed by atoms with E-state index in [1.165, 1.54) is 19.2 Å². The molecule has 0 spiro atoms. The molecular weight excluding hydrogens is 357 g/mol. The monoisotopic (exact) mass is 378 g/mol. The molecule has 1 atom stereocenters. The molecule has 1 aromatic heterocycles. The van der Waals surface area contributed by atoms with Crippen LogP contribution in [0.5, 0.6) is 0 Å². The van der Waals surface area contributed by atoms with Crippen LogP contribution in [0.4, 0.5) is 10.3 Å². The van der Waals surface area contributed by atoms with E-state index in [2.05, 4.69) is 16.5 Å². The summed E-state index contributed by atoms with van der Waals surface area (Å²) >= 11 is -2.52. The molecule has 2 rings (SSSR count). The van der Waals surface area contributed by atoms with Gasteiger partial charge in [-0.1, -0.05) is 20.4 Å². The zero-order valence-electron chi connectivity index (χ0n) is 15.2. The van der Waals surface area contributed by atoms with Crippen molar-refractivity contribution in [3.05, 3.63) is 53.7 Å². The van der Waals surface area contributed by atoms with Crippen molar-refractivity contribution in [1.82, 2.24) is 9.97 Å². The van der Waals surface area contributed by atoms with Crippen LogP contribution in [0.2, 0.25) is 0 Å². The summed E-state index contributed by atoms with van der Waals surface area (Å²) in [5.41, 5.74) is 2.51. The Hall–Kier alpha value is -2.32. The molecule has 1 unspecified atom stereocenters. The van der Waals surface area contributed by atoms with Crippen molar-refractivity contribution < 1.29 is 17.9 Å². The second-order valence-corrected chi connectivity index (χ2v) is 7.08. The predicted molar refractivity (Wildman–Crippen MR) is 98.4 cm³/mol. The van der Waals surface area contributed by atoms with Gasteiger partial charge in [-0.05, 0) is 37.1 Å². The van der Waals surface area contributed by atoms with Gasteiger partial charge >= 0.3 is 0 Å². The number of allylic oxidation sites excluding steroid dienone is 1. The Balaban J connectivity index is 2.70. The largest absolute Gasteiger partial charge is 0.755 e. The van der Waals surface area contributed by atoms with E-state index in [0.29, 0.717) is 28.3 Å². The number of rotatable bonds is 7. The molecule has 6 nitrogen and oxygen atoms in total. The van der Waals surface area contributed by atoms with E-state index in [1.54, 1.807) is 19.1 Å². The van der Waals surface area contributed by atoms with Gasteiger partial charge in [-0.25, -0.2) is 14.4 Å². The van der Waals surface area contributed by atoms with Gasteiger partial charge in [0.1, 0.15) is 12.4 Å². The summed E-state index contributed by atoms with van der Waals surface area (Å²) in [6.07, 6.45) is 0. The van der Waals surface area contributed by atoms with E-state index in [1.807, 2.05) is 13.8 Å². The second kappa shape index (κ2) is 8.37. The summed E-state index contributed by atoms with van der Waals surface area (Å²) in [4.78, 5) is 8.82. The maximum atomic E-state index is 13.3. The zero-order chi connectivity index (χ0) is 19.4. The molecule has 2 aromatic rings. The summed E-state index contributed by atoms with van der Waals surface area (Å²) in [7, 11) is 1.36. The lowest BCUT2D eigenvalue weighted by Crippen LogP contribution is -2.23. The molecule has 0 radical (unpaired) electrons. The molecule has 0 saturated carbocycles. The van der Waals surface area contributed by atoms with Crippen LogP contribution < -0.4 is 4.31 Å². The lowest BCUT2D eigenvalue weighted by molar-refractivity contribution is 0.201. The third-order valence-corrected chi connectivity index (χ3v) is 4.27. The van der Waals surface area contributed by atoms with Crippen LogP contribution in [0.1, 0.15) is 37.9 Å². The van der Waals surface area contributed by atoms with Gasteiger partial charge in [-0.2, -0.15) is 0 Å². The van der Waals surface area contributed by atoms with Crippen molar-refractivity contribution in [2.75, 3.05) is 11.4 Å². The molecule has 0 aliphatic carbocycles. The number of ether oxygens (including phenoxy) is 1. The number of hydrogen-bond donors (Lipinski definition) is 0. The highest BCUT2D eigenvalue weighted by Gasteiger charge is 2.20. The average molecular weight is 378 g/mol. The predicted octanol–water partition coefficient (Wildman–Crippen LogP) is 3.69. The Morgan fingerprint density at radius 3 is 2.46 bits per heavy atom. The highest BCUT2D eigenvalue weighted by atomic mass is 32.2. The zero-order valence-corrected chi connectivity index (χ0v) is 16.0. The molecule has 0 aliphatic rings. The van der Waals surface area contributed by atoms with Gasteiger partial charge in [-0.15, -0.1) is 0 Å². The van der Waals surface area contributed by atoms with Gasteiger partial charge in [0.15, 0.2) is 0 Å². The van der Waals surface area contributed by atoms with Gasteiger partial charge in [0, 0.05) is 29.4 Å². The first-order valence-electron chi connectivity index (χ1n) is 7.98. The van der Waals surface area contributed by atoms with Crippen molar-refractivity contribution in [3.63, 3.8) is 0 Å². The highest BCUT2D eigenvalue weighted by molar-refractivity contribution is 7.80. The lowest BCUT2D eigenvalue weighted by Gasteiger charge is -2.23. The first-order chi connectivity index (χ1) is 12.2. The van der Waals surface area contributed by atoms with E-state index in [-0.39, 0.29) is 24.3 Å². The Morgan fingerprint density at radius 2 is 1.96 bits per heavy atom. The maximum absolute atomic E-state index is 13.3. The molecule has 26 heavy (non-hydrogen) atoms. The first-order valence-corrected chi connectivity index (χ1v) is 9.02. The van der Waals surface area contributed by atoms with Crippen LogP contribution in [-0.2, 0) is 22.6 Å². The second-order valence-electron chi connectivity index (χ2n) is 6.10. The Morgan fingerprint density at radius 1 is 1.35 bits per heavy atom. The van der Waals surface area contributed by atoms with Gasteiger partial charge in [0.25, 0.3) is 0 Å². The van der Waals surface area contributed by atoms with Crippen molar-refractivity contribution >= 4 is 17.2 Å². The summed E-state index contributed by atoms with van der Waals surface area (Å²) < 4.78 is 42.5. The highest BCUT2D eigenvalue weighted by Crippen LogP contribution is 2.31. The van der Waals surface area contributed by atoms with Crippen molar-refractivity contribution in [2.45, 2.75) is 33.3 Å². The number of aromatic nitrogens is 2. The normalized spacial score (nSPS) is 12.1. The summed E-state index contributed by atoms with van der Waals surface area (Å²) in [6, 6.07) is 5.82. The smallest absolute Gasteiger partial charge is 0.237 e. The number of benzene rings is 1. The van der Waals surface area contributed by atoms with Crippen LogP contribution in [0.25, 0.3) is 11.3 Å². The van der Waals surface area contributed by atoms with Crippen LogP contribution in [-0.4, -0.2) is 25.8 Å². The van der Waals surface area contributed by atoms with Crippen molar-refractivity contribution in [2.24, 2.45) is 0 Å². The summed E-state index contributed by atoms with van der Waals surface area (Å²) in [6.45, 7) is 9.53. The van der Waals surface area contributed by atoms with E-state index in [4.69, 9.17) is 4.74 Å². The molecule has 1 heterocycles. The molecule has 0 fully saturated rings. The third kappa shape index (κ3) is 4.64. The molecular formula is C18H21FN3O3S-. The van der Waals surface area contributed by atoms with Gasteiger partial charge in [0.05, 0.1) is 17.1 Å². The first kappa shape index (κ1) is 20.0. The van der Waals surface area contributed by atoms with Crippen LogP contribution in [0, 0.1) is 5.82 Å². The van der Waals surface area contributed by atoms with E-state index < -0.39 is 11.3 Å². The van der Waals surface area contributed by atoms with E-state index >= 15 is 0 Å². The fourth-order valence-electron chi connectivity index (χ4n) is 2.36.